The van der Waals surface area contributed by atoms with Gasteiger partial charge >= 0.3 is 7.12 Å². The van der Waals surface area contributed by atoms with Crippen molar-refractivity contribution in [2.24, 2.45) is 0 Å². The lowest BCUT2D eigenvalue weighted by atomic mass is 9.81. The molecule has 0 amide bonds. The zero-order chi connectivity index (χ0) is 37.4. The highest BCUT2D eigenvalue weighted by molar-refractivity contribution is 9.11. The van der Waals surface area contributed by atoms with Gasteiger partial charge in [0.1, 0.15) is 0 Å². The highest BCUT2D eigenvalue weighted by atomic mass is 79.9. The second-order valence-corrected chi connectivity index (χ2v) is 7.11. The molecule has 4 aromatic carbocycles. The zero-order valence-electron chi connectivity index (χ0n) is 32.6. The minimum Gasteiger partial charge on any atom is -0.423 e. The molecule has 152 valence electrons. The van der Waals surface area contributed by atoms with Crippen LogP contribution in [0.4, 0.5) is 0 Å². The zero-order valence-corrected chi connectivity index (χ0v) is 19.4. The maximum Gasteiger partial charge on any atom is 0.488 e. The molecule has 0 aliphatic heterocycles. The minimum absolute atomic E-state index is 0.0429. The van der Waals surface area contributed by atoms with Crippen LogP contribution in [0.25, 0.3) is 11.1 Å². The van der Waals surface area contributed by atoms with Crippen molar-refractivity contribution < 1.29 is 34.7 Å². The van der Waals surface area contributed by atoms with Gasteiger partial charge in [-0.1, -0.05) is 120 Å². The van der Waals surface area contributed by atoms with Crippen molar-refractivity contribution >= 4 is 60.4 Å². The van der Waals surface area contributed by atoms with Crippen LogP contribution in [0.15, 0.2) is 122 Å². The summed E-state index contributed by atoms with van der Waals surface area (Å²) in [5, 5.41) is 17.6. The van der Waals surface area contributed by atoms with Gasteiger partial charge in [0.25, 0.3) is 0 Å². The van der Waals surface area contributed by atoms with E-state index in [0.29, 0.717) is 0 Å². The lowest BCUT2D eigenvalue weighted by Crippen LogP contribution is -2.29. The van der Waals surface area contributed by atoms with Gasteiger partial charge in [-0.3, -0.25) is 0 Å². The molecule has 2 nitrogen and oxygen atoms in total. The predicted octanol–water partition coefficient (Wildman–Crippen LogP) is 6.69. The Morgan fingerprint density at radius 1 is 0.500 bits per heavy atom. The monoisotopic (exact) mass is 606 g/mol. The molecule has 0 fully saturated rings. The van der Waals surface area contributed by atoms with Gasteiger partial charge in [-0.25, -0.2) is 0 Å². The van der Waals surface area contributed by atoms with E-state index in [-0.39, 0.29) is 60.8 Å². The molecule has 0 atom stereocenters. The first-order valence-electron chi connectivity index (χ1n) is 16.6. The maximum absolute atomic E-state index is 8.81. The molecule has 6 heteroatoms. The van der Waals surface area contributed by atoms with Crippen LogP contribution in [-0.2, 0) is 0 Å². The molecular formula is C24H20BBr3O2. The Morgan fingerprint density at radius 3 is 1.23 bits per heavy atom. The summed E-state index contributed by atoms with van der Waals surface area (Å²) in [6, 6.07) is -7.70. The highest BCUT2D eigenvalue weighted by Crippen LogP contribution is 2.20. The average molecular weight is 609 g/mol. The smallest absolute Gasteiger partial charge is 0.423 e. The van der Waals surface area contributed by atoms with Gasteiger partial charge in [-0.15, -0.1) is 0 Å². The summed E-state index contributed by atoms with van der Waals surface area (Å²) in [6.45, 7) is 0. The summed E-state index contributed by atoms with van der Waals surface area (Å²) in [7, 11) is -2.07. The Morgan fingerprint density at radius 2 is 0.833 bits per heavy atom. The van der Waals surface area contributed by atoms with Crippen molar-refractivity contribution in [1.82, 2.24) is 0 Å². The van der Waals surface area contributed by atoms with E-state index in [1.165, 1.54) is 0 Å². The third-order valence-corrected chi connectivity index (χ3v) is 3.88. The normalized spacial score (nSPS) is 17.9. The Labute approximate surface area is 228 Å². The number of hydrogen-bond acceptors (Lipinski definition) is 2. The van der Waals surface area contributed by atoms with Gasteiger partial charge < -0.3 is 10.0 Å². The van der Waals surface area contributed by atoms with E-state index in [9.17, 15) is 0 Å². The molecule has 0 heterocycles. The molecule has 0 saturated carbocycles. The van der Waals surface area contributed by atoms with E-state index in [1.807, 2.05) is 0 Å². The Kier molecular flexibility index (Phi) is 4.27. The Bertz CT molecular complexity index is 1680. The fourth-order valence-corrected chi connectivity index (χ4v) is 2.06. The van der Waals surface area contributed by atoms with E-state index in [2.05, 4.69) is 47.8 Å². The summed E-state index contributed by atoms with van der Waals surface area (Å²) in [4.78, 5) is 0. The molecule has 2 N–H and O–H groups in total. The van der Waals surface area contributed by atoms with Crippen molar-refractivity contribution in [3.63, 3.8) is 0 Å². The lowest BCUT2D eigenvalue weighted by Gasteiger charge is -2.00. The molecule has 4 aromatic rings. The number of rotatable bonds is 2. The molecule has 0 radical (unpaired) electrons. The highest BCUT2D eigenvalue weighted by Gasteiger charge is 2.07. The van der Waals surface area contributed by atoms with Gasteiger partial charge in [-0.05, 0) is 52.8 Å². The van der Waals surface area contributed by atoms with Crippen LogP contribution in [0.2, 0.25) is 0 Å². The second-order valence-electron chi connectivity index (χ2n) is 4.73. The van der Waals surface area contributed by atoms with Crippen LogP contribution in [0.1, 0.15) is 24.7 Å². The predicted molar refractivity (Wildman–Crippen MR) is 138 cm³/mol. The van der Waals surface area contributed by atoms with Gasteiger partial charge in [0.05, 0.1) is 24.7 Å². The standard InChI is InChI=1S/C12H9Br.C6H7BO2.C6H4Br2/c13-12-8-6-11(7-9-12)10-4-2-1-3-5-10;8-7(9)6-4-2-1-3-5-6;7-5-1-2-6(8)4-3-5/h1-9H;1-5,8-9H;1-4H/i1D,2D,3D,4D,5D,6D,7D,8D,9D;1D,2D,3D,4D,5D;1D,2D,3D,4D. The summed E-state index contributed by atoms with van der Waals surface area (Å²) in [5.74, 6) is 0. The van der Waals surface area contributed by atoms with E-state index in [0.717, 1.165) is 0 Å². The Balaban J connectivity index is 0.000000266. The van der Waals surface area contributed by atoms with Crippen molar-refractivity contribution in [3.05, 3.63) is 122 Å². The maximum atomic E-state index is 8.81. The van der Waals surface area contributed by atoms with Crippen molar-refractivity contribution in [2.45, 2.75) is 0 Å². The van der Waals surface area contributed by atoms with E-state index in [1.54, 1.807) is 0 Å². The van der Waals surface area contributed by atoms with Crippen LogP contribution in [0.5, 0.6) is 0 Å². The molecule has 0 aromatic heterocycles. The van der Waals surface area contributed by atoms with Gasteiger partial charge in [-0.2, -0.15) is 0 Å². The van der Waals surface area contributed by atoms with E-state index < -0.39 is 85.1 Å². The fourth-order valence-electron chi connectivity index (χ4n) is 1.47. The van der Waals surface area contributed by atoms with Gasteiger partial charge in [0.2, 0.25) is 0 Å². The summed E-state index contributed by atoms with van der Waals surface area (Å²) in [5.41, 5.74) is -1.15. The average Bonchev–Trinajstić information content (AvgIpc) is 3.05. The van der Waals surface area contributed by atoms with Crippen LogP contribution in [0, 0.1) is 0 Å². The van der Waals surface area contributed by atoms with Crippen LogP contribution < -0.4 is 5.46 Å². The van der Waals surface area contributed by atoms with Crippen molar-refractivity contribution in [2.75, 3.05) is 0 Å². The SMILES string of the molecule is [2H]c1c([2H])c(Br)c([2H])c([2H])c1Br.[2H]c1c([2H])c([2H])c(-c2c([2H])c([2H])c(Br)c([2H])c2[2H])c([2H])c1[2H].[2H]c1c([2H])c([2H])c(B(O)O)c([2H])c1[2H]. The lowest BCUT2D eigenvalue weighted by molar-refractivity contribution is 0.426. The van der Waals surface area contributed by atoms with Gasteiger partial charge in [0.15, 0.2) is 0 Å². The molecule has 0 aliphatic carbocycles. The van der Waals surface area contributed by atoms with E-state index >= 15 is 0 Å². The minimum atomic E-state index is -2.07. The van der Waals surface area contributed by atoms with Crippen LogP contribution >= 0.6 is 47.8 Å². The molecule has 0 saturated heterocycles. The summed E-state index contributed by atoms with van der Waals surface area (Å²) < 4.78 is 136. The third kappa shape index (κ3) is 9.41. The van der Waals surface area contributed by atoms with Gasteiger partial charge in [0, 0.05) is 13.4 Å². The third-order valence-electron chi connectivity index (χ3n) is 2.69. The molecule has 0 unspecified atom stereocenters. The number of halogens is 3. The van der Waals surface area contributed by atoms with Crippen LogP contribution in [0.3, 0.4) is 0 Å². The van der Waals surface area contributed by atoms with Crippen LogP contribution in [-0.4, -0.2) is 17.2 Å². The number of hydrogen-bond donors (Lipinski definition) is 2. The molecular weight excluding hydrogens is 571 g/mol. The van der Waals surface area contributed by atoms with Crippen molar-refractivity contribution in [1.29, 1.82) is 0 Å². The van der Waals surface area contributed by atoms with E-state index in [4.69, 9.17) is 34.7 Å². The topological polar surface area (TPSA) is 40.5 Å². The molecule has 30 heavy (non-hydrogen) atoms. The first-order chi connectivity index (χ1) is 21.9. The first kappa shape index (κ1) is 9.43. The second kappa shape index (κ2) is 13.6. The molecule has 0 aliphatic rings. The number of benzene rings is 4. The molecule has 4 rings (SSSR count). The first-order valence-corrected chi connectivity index (χ1v) is 10.0. The molecule has 0 spiro atoms. The fraction of sp³-hybridized carbons (Fsp3) is 0. The molecule has 0 bridgehead atoms. The quantitative estimate of drug-likeness (QED) is 0.249. The summed E-state index contributed by atoms with van der Waals surface area (Å²) >= 11 is 8.91. The largest absolute Gasteiger partial charge is 0.488 e. The Hall–Kier alpha value is -1.70. The summed E-state index contributed by atoms with van der Waals surface area (Å²) in [6.07, 6.45) is 0. The van der Waals surface area contributed by atoms with Crippen molar-refractivity contribution in [3.8, 4) is 11.1 Å².